The highest BCUT2D eigenvalue weighted by Crippen LogP contribution is 2.33. The molecule has 26 heavy (non-hydrogen) atoms. The largest absolute Gasteiger partial charge is 0.379 e. The highest BCUT2D eigenvalue weighted by molar-refractivity contribution is 7.11. The quantitative estimate of drug-likeness (QED) is 0.808. The zero-order valence-corrected chi connectivity index (χ0v) is 15.3. The molecular weight excluding hydrogens is 348 g/mol. The highest BCUT2D eigenvalue weighted by atomic mass is 32.1. The number of carbonyl (C=O) groups is 2. The van der Waals surface area contributed by atoms with Crippen LogP contribution in [0.4, 0.5) is 5.69 Å². The molecule has 2 amide bonds. The molecule has 1 fully saturated rings. The van der Waals surface area contributed by atoms with Gasteiger partial charge in [-0.15, -0.1) is 11.3 Å². The summed E-state index contributed by atoms with van der Waals surface area (Å²) in [6.07, 6.45) is 4.39. The SMILES string of the molecule is O=C1CC2(CCN(C(=O)c3nccs3)CC2)Nc2ccccc2CCN1. The van der Waals surface area contributed by atoms with Gasteiger partial charge in [0.1, 0.15) is 0 Å². The van der Waals surface area contributed by atoms with E-state index in [1.165, 1.54) is 16.9 Å². The van der Waals surface area contributed by atoms with Crippen molar-refractivity contribution in [3.63, 3.8) is 0 Å². The number of fused-ring (bicyclic) bond motifs is 1. The summed E-state index contributed by atoms with van der Waals surface area (Å²) in [6, 6.07) is 8.24. The molecule has 0 aliphatic carbocycles. The van der Waals surface area contributed by atoms with Gasteiger partial charge in [-0.05, 0) is 30.9 Å². The lowest BCUT2D eigenvalue weighted by Gasteiger charge is -2.42. The molecule has 0 radical (unpaired) electrons. The third-order valence-electron chi connectivity index (χ3n) is 5.26. The van der Waals surface area contributed by atoms with Crippen LogP contribution in [0.2, 0.25) is 0 Å². The van der Waals surface area contributed by atoms with Gasteiger partial charge in [0.05, 0.1) is 0 Å². The Bertz CT molecular complexity index is 798. The molecule has 0 saturated carbocycles. The number of hydrogen-bond donors (Lipinski definition) is 2. The van der Waals surface area contributed by atoms with Gasteiger partial charge in [-0.3, -0.25) is 9.59 Å². The minimum Gasteiger partial charge on any atom is -0.379 e. The molecule has 2 aliphatic rings. The third kappa shape index (κ3) is 3.44. The number of nitrogens with one attached hydrogen (secondary N) is 2. The summed E-state index contributed by atoms with van der Waals surface area (Å²) in [5.74, 6) is 0.0628. The number of likely N-dealkylation sites (tertiary alicyclic amines) is 1. The summed E-state index contributed by atoms with van der Waals surface area (Å²) in [5.41, 5.74) is 2.00. The van der Waals surface area contributed by atoms with Crippen LogP contribution in [0.5, 0.6) is 0 Å². The number of nitrogens with zero attached hydrogens (tertiary/aromatic N) is 2. The molecule has 1 spiro atoms. The minimum absolute atomic E-state index is 0.0113. The fourth-order valence-electron chi connectivity index (χ4n) is 3.80. The average Bonchev–Trinajstić information content (AvgIpc) is 3.18. The number of hydrogen-bond acceptors (Lipinski definition) is 5. The number of aromatic nitrogens is 1. The number of rotatable bonds is 1. The number of piperidine rings is 1. The number of carbonyl (C=O) groups excluding carboxylic acids is 2. The summed E-state index contributed by atoms with van der Waals surface area (Å²) in [7, 11) is 0. The lowest BCUT2D eigenvalue weighted by molar-refractivity contribution is -0.122. The molecule has 4 rings (SSSR count). The standard InChI is InChI=1S/C19H22N4O2S/c24-16-13-19(22-15-4-2-1-3-14(15)5-8-20-16)6-10-23(11-7-19)18(25)17-21-9-12-26-17/h1-4,9,12,22H,5-8,10-11,13H2,(H,20,24). The van der Waals surface area contributed by atoms with Crippen molar-refractivity contribution in [2.45, 2.75) is 31.2 Å². The van der Waals surface area contributed by atoms with E-state index in [1.807, 2.05) is 22.4 Å². The maximum Gasteiger partial charge on any atom is 0.282 e. The molecule has 2 N–H and O–H groups in total. The van der Waals surface area contributed by atoms with Gasteiger partial charge in [0.15, 0.2) is 5.01 Å². The van der Waals surface area contributed by atoms with Crippen molar-refractivity contribution in [1.29, 1.82) is 0 Å². The Balaban J connectivity index is 1.53. The highest BCUT2D eigenvalue weighted by Gasteiger charge is 2.39. The molecule has 0 bridgehead atoms. The number of para-hydroxylation sites is 1. The minimum atomic E-state index is -0.315. The van der Waals surface area contributed by atoms with E-state index in [0.29, 0.717) is 31.1 Å². The van der Waals surface area contributed by atoms with Crippen LogP contribution in [0, 0.1) is 0 Å². The Morgan fingerprint density at radius 3 is 2.81 bits per heavy atom. The van der Waals surface area contributed by atoms with E-state index in [1.54, 1.807) is 6.20 Å². The molecule has 2 aromatic rings. The van der Waals surface area contributed by atoms with E-state index in [4.69, 9.17) is 0 Å². The van der Waals surface area contributed by atoms with Crippen molar-refractivity contribution in [3.8, 4) is 0 Å². The van der Waals surface area contributed by atoms with Crippen LogP contribution < -0.4 is 10.6 Å². The lowest BCUT2D eigenvalue weighted by Crippen LogP contribution is -2.52. The first kappa shape index (κ1) is 17.0. The number of benzene rings is 1. The Morgan fingerprint density at radius 1 is 1.23 bits per heavy atom. The molecule has 6 nitrogen and oxygen atoms in total. The van der Waals surface area contributed by atoms with E-state index in [9.17, 15) is 9.59 Å². The zero-order chi connectivity index (χ0) is 18.0. The summed E-state index contributed by atoms with van der Waals surface area (Å²) < 4.78 is 0. The average molecular weight is 370 g/mol. The Kier molecular flexibility index (Phi) is 4.63. The molecule has 7 heteroatoms. The van der Waals surface area contributed by atoms with Crippen molar-refractivity contribution in [2.75, 3.05) is 25.0 Å². The number of anilines is 1. The molecule has 1 saturated heterocycles. The molecule has 0 unspecified atom stereocenters. The van der Waals surface area contributed by atoms with E-state index >= 15 is 0 Å². The summed E-state index contributed by atoms with van der Waals surface area (Å²) >= 11 is 1.37. The second-order valence-electron chi connectivity index (χ2n) is 6.97. The molecule has 1 aromatic carbocycles. The van der Waals surface area contributed by atoms with Gasteiger partial charge in [-0.1, -0.05) is 18.2 Å². The summed E-state index contributed by atoms with van der Waals surface area (Å²) in [4.78, 5) is 30.9. The molecule has 3 heterocycles. The van der Waals surface area contributed by atoms with Crippen LogP contribution >= 0.6 is 11.3 Å². The van der Waals surface area contributed by atoms with E-state index in [-0.39, 0.29) is 17.4 Å². The van der Waals surface area contributed by atoms with E-state index < -0.39 is 0 Å². The van der Waals surface area contributed by atoms with Gasteiger partial charge in [0.25, 0.3) is 5.91 Å². The van der Waals surface area contributed by atoms with Gasteiger partial charge in [-0.2, -0.15) is 0 Å². The summed E-state index contributed by atoms with van der Waals surface area (Å²) in [6.45, 7) is 1.91. The van der Waals surface area contributed by atoms with Crippen molar-refractivity contribution < 1.29 is 9.59 Å². The van der Waals surface area contributed by atoms with E-state index in [0.717, 1.165) is 24.9 Å². The maximum atomic E-state index is 12.5. The zero-order valence-electron chi connectivity index (χ0n) is 14.5. The Morgan fingerprint density at radius 2 is 2.04 bits per heavy atom. The van der Waals surface area contributed by atoms with Gasteiger partial charge in [0.2, 0.25) is 5.91 Å². The first-order chi connectivity index (χ1) is 12.7. The lowest BCUT2D eigenvalue weighted by atomic mass is 9.83. The monoisotopic (exact) mass is 370 g/mol. The van der Waals surface area contributed by atoms with Gasteiger partial charge in [-0.25, -0.2) is 4.98 Å². The number of amides is 2. The molecule has 136 valence electrons. The fourth-order valence-corrected chi connectivity index (χ4v) is 4.40. The van der Waals surface area contributed by atoms with Crippen molar-refractivity contribution in [3.05, 3.63) is 46.4 Å². The Labute approximate surface area is 156 Å². The second kappa shape index (κ2) is 7.07. The van der Waals surface area contributed by atoms with Gasteiger partial charge >= 0.3 is 0 Å². The van der Waals surface area contributed by atoms with Crippen LogP contribution in [-0.4, -0.2) is 46.9 Å². The predicted molar refractivity (Wildman–Crippen MR) is 101 cm³/mol. The topological polar surface area (TPSA) is 74.3 Å². The van der Waals surface area contributed by atoms with Gasteiger partial charge < -0.3 is 15.5 Å². The molecule has 2 aliphatic heterocycles. The normalized spacial score (nSPS) is 19.5. The van der Waals surface area contributed by atoms with Crippen molar-refractivity contribution >= 4 is 28.8 Å². The van der Waals surface area contributed by atoms with Crippen molar-refractivity contribution in [2.24, 2.45) is 0 Å². The van der Waals surface area contributed by atoms with Crippen LogP contribution in [-0.2, 0) is 11.2 Å². The maximum absolute atomic E-state index is 12.5. The number of thiazole rings is 1. The van der Waals surface area contributed by atoms with Gasteiger partial charge in [0, 0.05) is 48.9 Å². The van der Waals surface area contributed by atoms with Crippen LogP contribution in [0.3, 0.4) is 0 Å². The summed E-state index contributed by atoms with van der Waals surface area (Å²) in [5, 5.41) is 9.05. The van der Waals surface area contributed by atoms with E-state index in [2.05, 4.69) is 27.8 Å². The molecule has 1 aromatic heterocycles. The third-order valence-corrected chi connectivity index (χ3v) is 6.02. The van der Waals surface area contributed by atoms with Crippen LogP contribution in [0.25, 0.3) is 0 Å². The Hall–Kier alpha value is -2.41. The molecule has 0 atom stereocenters. The molecular formula is C19H22N4O2S. The smallest absolute Gasteiger partial charge is 0.282 e. The first-order valence-electron chi connectivity index (χ1n) is 8.97. The van der Waals surface area contributed by atoms with Crippen LogP contribution in [0.1, 0.15) is 34.6 Å². The van der Waals surface area contributed by atoms with Crippen LogP contribution in [0.15, 0.2) is 35.8 Å². The first-order valence-corrected chi connectivity index (χ1v) is 9.85. The van der Waals surface area contributed by atoms with Crippen molar-refractivity contribution in [1.82, 2.24) is 15.2 Å². The predicted octanol–water partition coefficient (Wildman–Crippen LogP) is 2.29. The fraction of sp³-hybridized carbons (Fsp3) is 0.421. The second-order valence-corrected chi connectivity index (χ2v) is 7.86.